The van der Waals surface area contributed by atoms with Crippen LogP contribution in [0.5, 0.6) is 5.75 Å². The van der Waals surface area contributed by atoms with Gasteiger partial charge in [0.1, 0.15) is 29.3 Å². The van der Waals surface area contributed by atoms with Crippen LogP contribution in [0.1, 0.15) is 51.6 Å². The third kappa shape index (κ3) is 5.38. The highest BCUT2D eigenvalue weighted by molar-refractivity contribution is 5.84. The Morgan fingerprint density at radius 3 is 2.79 bits per heavy atom. The van der Waals surface area contributed by atoms with Crippen LogP contribution in [0.4, 0.5) is 8.78 Å². The topological polar surface area (TPSA) is 78.7 Å². The van der Waals surface area contributed by atoms with Crippen molar-refractivity contribution in [1.82, 2.24) is 19.9 Å². The average Bonchev–Trinajstić information content (AvgIpc) is 3.58. The number of amides is 1. The second kappa shape index (κ2) is 10.8. The molecule has 5 rings (SSSR count). The number of benzene rings is 1. The summed E-state index contributed by atoms with van der Waals surface area (Å²) in [7, 11) is 1.61. The van der Waals surface area contributed by atoms with Crippen molar-refractivity contribution in [3.63, 3.8) is 0 Å². The number of alkyl halides is 2. The molecular weight excluding hydrogens is 506 g/mol. The Hall–Kier alpha value is -3.79. The number of fused-ring (bicyclic) bond motifs is 1. The third-order valence-electron chi connectivity index (χ3n) is 7.22. The van der Waals surface area contributed by atoms with E-state index >= 15 is 0 Å². The summed E-state index contributed by atoms with van der Waals surface area (Å²) in [4.78, 5) is 14.8. The summed E-state index contributed by atoms with van der Waals surface area (Å²) in [6.45, 7) is 3.98. The van der Waals surface area contributed by atoms with Gasteiger partial charge >= 0.3 is 0 Å². The number of rotatable bonds is 6. The number of nitrogens with zero attached hydrogens (tertiary/aromatic N) is 4. The quantitative estimate of drug-likeness (QED) is 0.472. The zero-order valence-corrected chi connectivity index (χ0v) is 22.5. The number of carbonyl (C=O) groups is 1. The third-order valence-corrected chi connectivity index (χ3v) is 7.22. The SMILES string of the molecule is CC=C1CCC(n2cc(-c3ccc(C4=CCC5OCOC5=C4)c(OC)c3)nn2)C(=O)N(CC(C)(F)F)C1=CC. The van der Waals surface area contributed by atoms with Gasteiger partial charge in [0.05, 0.1) is 19.9 Å². The van der Waals surface area contributed by atoms with Crippen LogP contribution in [0.3, 0.4) is 0 Å². The largest absolute Gasteiger partial charge is 0.496 e. The van der Waals surface area contributed by atoms with Gasteiger partial charge in [-0.3, -0.25) is 4.79 Å². The second-order valence-corrected chi connectivity index (χ2v) is 9.90. The lowest BCUT2D eigenvalue weighted by molar-refractivity contribution is -0.136. The summed E-state index contributed by atoms with van der Waals surface area (Å²) in [6, 6.07) is 4.97. The molecule has 0 saturated carbocycles. The van der Waals surface area contributed by atoms with Crippen molar-refractivity contribution in [3.05, 3.63) is 71.3 Å². The minimum absolute atomic E-state index is 0.0342. The molecule has 2 unspecified atom stereocenters. The summed E-state index contributed by atoms with van der Waals surface area (Å²) < 4.78 is 46.5. The molecule has 2 aromatic rings. The fraction of sp³-hybridized carbons (Fsp3) is 0.414. The van der Waals surface area contributed by atoms with Gasteiger partial charge < -0.3 is 19.1 Å². The van der Waals surface area contributed by atoms with Gasteiger partial charge in [0.25, 0.3) is 11.8 Å². The molecule has 1 aromatic heterocycles. The zero-order chi connectivity index (χ0) is 27.7. The van der Waals surface area contributed by atoms with Crippen LogP contribution in [0, 0.1) is 0 Å². The highest BCUT2D eigenvalue weighted by Crippen LogP contribution is 2.38. The molecule has 2 atom stereocenters. The van der Waals surface area contributed by atoms with Gasteiger partial charge in [-0.2, -0.15) is 0 Å². The van der Waals surface area contributed by atoms with E-state index in [4.69, 9.17) is 14.2 Å². The molecule has 10 heteroatoms. The first-order valence-corrected chi connectivity index (χ1v) is 13.0. The molecule has 0 radical (unpaired) electrons. The molecule has 2 aliphatic heterocycles. The lowest BCUT2D eigenvalue weighted by Crippen LogP contribution is -2.41. The normalized spacial score (nSPS) is 23.8. The molecule has 0 N–H and O–H groups in total. The maximum atomic E-state index is 14.1. The van der Waals surface area contributed by atoms with E-state index in [0.717, 1.165) is 41.4 Å². The summed E-state index contributed by atoms with van der Waals surface area (Å²) in [6.07, 6.45) is 11.0. The molecule has 8 nitrogen and oxygen atoms in total. The van der Waals surface area contributed by atoms with Crippen LogP contribution >= 0.6 is 0 Å². The molecule has 1 amide bonds. The lowest BCUT2D eigenvalue weighted by Gasteiger charge is -2.29. The summed E-state index contributed by atoms with van der Waals surface area (Å²) in [5.41, 5.74) is 4.56. The Balaban J connectivity index is 1.43. The van der Waals surface area contributed by atoms with Crippen LogP contribution in [0.15, 0.2) is 65.7 Å². The Labute approximate surface area is 226 Å². The molecule has 1 aliphatic carbocycles. The minimum Gasteiger partial charge on any atom is -0.496 e. The molecular formula is C29H32F2N4O4. The van der Waals surface area contributed by atoms with E-state index in [9.17, 15) is 13.6 Å². The molecule has 1 aromatic carbocycles. The molecule has 3 aliphatic rings. The van der Waals surface area contributed by atoms with Crippen molar-refractivity contribution < 1.29 is 27.8 Å². The van der Waals surface area contributed by atoms with Gasteiger partial charge in [-0.15, -0.1) is 5.10 Å². The van der Waals surface area contributed by atoms with E-state index in [0.29, 0.717) is 30.0 Å². The van der Waals surface area contributed by atoms with Crippen molar-refractivity contribution in [3.8, 4) is 17.0 Å². The Bertz CT molecular complexity index is 1390. The number of methoxy groups -OCH3 is 1. The zero-order valence-electron chi connectivity index (χ0n) is 22.5. The molecule has 0 bridgehead atoms. The molecule has 0 spiro atoms. The van der Waals surface area contributed by atoms with Gasteiger partial charge in [-0.25, -0.2) is 13.5 Å². The Morgan fingerprint density at radius 2 is 2.08 bits per heavy atom. The summed E-state index contributed by atoms with van der Waals surface area (Å²) in [5.74, 6) is -2.02. The number of hydrogen-bond donors (Lipinski definition) is 0. The van der Waals surface area contributed by atoms with Crippen molar-refractivity contribution in [2.24, 2.45) is 0 Å². The van der Waals surface area contributed by atoms with E-state index in [2.05, 4.69) is 16.4 Å². The first-order chi connectivity index (χ1) is 18.7. The summed E-state index contributed by atoms with van der Waals surface area (Å²) in [5, 5.41) is 8.56. The summed E-state index contributed by atoms with van der Waals surface area (Å²) >= 11 is 0. The Kier molecular flexibility index (Phi) is 7.40. The minimum atomic E-state index is -3.05. The van der Waals surface area contributed by atoms with Crippen molar-refractivity contribution in [1.29, 1.82) is 0 Å². The smallest absolute Gasteiger partial charge is 0.263 e. The van der Waals surface area contributed by atoms with Gasteiger partial charge in [0.15, 0.2) is 6.79 Å². The van der Waals surface area contributed by atoms with Gasteiger partial charge in [0.2, 0.25) is 0 Å². The van der Waals surface area contributed by atoms with E-state index in [1.807, 2.05) is 37.3 Å². The van der Waals surface area contributed by atoms with Crippen molar-refractivity contribution in [2.45, 2.75) is 58.1 Å². The van der Waals surface area contributed by atoms with E-state index < -0.39 is 24.4 Å². The molecule has 2 fully saturated rings. The number of halogens is 2. The van der Waals surface area contributed by atoms with Crippen LogP contribution < -0.4 is 4.74 Å². The predicted molar refractivity (Wildman–Crippen MR) is 142 cm³/mol. The Morgan fingerprint density at radius 1 is 1.26 bits per heavy atom. The average molecular weight is 539 g/mol. The fourth-order valence-electron chi connectivity index (χ4n) is 5.30. The molecule has 206 valence electrons. The first kappa shape index (κ1) is 26.8. The van der Waals surface area contributed by atoms with Crippen molar-refractivity contribution in [2.75, 3.05) is 20.4 Å². The highest BCUT2D eigenvalue weighted by atomic mass is 19.3. The van der Waals surface area contributed by atoms with E-state index in [1.54, 1.807) is 26.3 Å². The van der Waals surface area contributed by atoms with Gasteiger partial charge in [-0.1, -0.05) is 29.5 Å². The van der Waals surface area contributed by atoms with E-state index in [-0.39, 0.29) is 12.9 Å². The molecule has 39 heavy (non-hydrogen) atoms. The van der Waals surface area contributed by atoms with Crippen LogP contribution in [-0.4, -0.2) is 58.3 Å². The lowest BCUT2D eigenvalue weighted by atomic mass is 9.95. The number of hydrogen-bond acceptors (Lipinski definition) is 6. The van der Waals surface area contributed by atoms with Gasteiger partial charge in [-0.05, 0) is 62.5 Å². The molecule has 2 saturated heterocycles. The van der Waals surface area contributed by atoms with Crippen LogP contribution in [-0.2, 0) is 14.3 Å². The standard InChI is InChI=1S/C29H32F2N4O4/c1-5-18-8-11-24(28(36)34(23(18)6-2)16-29(3,30)31)35-15-22(32-33-35)20-7-10-21(26(14-20)37-4)19-9-12-25-27(13-19)39-17-38-25/h5-7,9-10,13-15,24-25H,8,11-12,16-17H2,1-4H3. The number of ether oxygens (including phenoxy) is 3. The number of likely N-dealkylation sites (tertiary alicyclic amines) is 1. The first-order valence-electron chi connectivity index (χ1n) is 13.0. The monoisotopic (exact) mass is 538 g/mol. The predicted octanol–water partition coefficient (Wildman–Crippen LogP) is 5.67. The highest BCUT2D eigenvalue weighted by Gasteiger charge is 2.38. The van der Waals surface area contributed by atoms with Crippen LogP contribution in [0.2, 0.25) is 0 Å². The number of allylic oxidation sites excluding steroid dienone is 5. The number of carbonyl (C=O) groups excluding carboxylic acids is 1. The van der Waals surface area contributed by atoms with Crippen LogP contribution in [0.25, 0.3) is 16.8 Å². The van der Waals surface area contributed by atoms with Crippen molar-refractivity contribution >= 4 is 11.5 Å². The molecule has 3 heterocycles. The number of aromatic nitrogens is 3. The van der Waals surface area contributed by atoms with E-state index in [1.165, 1.54) is 9.58 Å². The van der Waals surface area contributed by atoms with Gasteiger partial charge in [0, 0.05) is 23.7 Å². The maximum Gasteiger partial charge on any atom is 0.263 e. The fourth-order valence-corrected chi connectivity index (χ4v) is 5.30. The second-order valence-electron chi connectivity index (χ2n) is 9.90. The maximum absolute atomic E-state index is 14.1.